The number of aromatic nitrogens is 2. The van der Waals surface area contributed by atoms with Crippen LogP contribution in [0.5, 0.6) is 0 Å². The summed E-state index contributed by atoms with van der Waals surface area (Å²) in [5, 5.41) is 5.34. The van der Waals surface area contributed by atoms with Crippen molar-refractivity contribution in [3.05, 3.63) is 71.7 Å². The van der Waals surface area contributed by atoms with Gasteiger partial charge in [-0.2, -0.15) is 13.2 Å². The van der Waals surface area contributed by atoms with Crippen molar-refractivity contribution in [3.8, 4) is 0 Å². The normalized spacial score (nSPS) is 12.7. The zero-order valence-electron chi connectivity index (χ0n) is 14.6. The summed E-state index contributed by atoms with van der Waals surface area (Å²) >= 11 is 0. The van der Waals surface area contributed by atoms with E-state index in [1.165, 1.54) is 6.07 Å². The third-order valence-electron chi connectivity index (χ3n) is 4.14. The Labute approximate surface area is 154 Å². The van der Waals surface area contributed by atoms with Crippen LogP contribution in [-0.2, 0) is 12.6 Å². The van der Waals surface area contributed by atoms with Crippen LogP contribution in [0.3, 0.4) is 0 Å². The first-order valence-electron chi connectivity index (χ1n) is 8.47. The number of pyridine rings is 1. The predicted octanol–water partition coefficient (Wildman–Crippen LogP) is 3.96. The SMILES string of the molecule is C[C@H](NC(=O)NCCc1cn2ccccc2n1)c1cccc(C(F)(F)F)c1. The van der Waals surface area contributed by atoms with E-state index in [2.05, 4.69) is 15.6 Å². The number of hydrogen-bond acceptors (Lipinski definition) is 2. The highest BCUT2D eigenvalue weighted by molar-refractivity contribution is 5.74. The number of nitrogens with one attached hydrogen (secondary N) is 2. The maximum absolute atomic E-state index is 12.8. The number of amides is 2. The molecule has 0 unspecified atom stereocenters. The second-order valence-electron chi connectivity index (χ2n) is 6.19. The molecule has 142 valence electrons. The van der Waals surface area contributed by atoms with E-state index in [0.717, 1.165) is 23.5 Å². The lowest BCUT2D eigenvalue weighted by Crippen LogP contribution is -2.38. The predicted molar refractivity (Wildman–Crippen MR) is 95.3 cm³/mol. The Hall–Kier alpha value is -3.03. The molecule has 0 saturated heterocycles. The van der Waals surface area contributed by atoms with Crippen molar-refractivity contribution in [3.63, 3.8) is 0 Å². The standard InChI is InChI=1S/C19H19F3N4O/c1-13(14-5-4-6-15(11-14)19(20,21)22)24-18(27)23-9-8-16-12-26-10-3-2-7-17(26)25-16/h2-7,10-13H,8-9H2,1H3,(H2,23,24,27)/t13-/m0/s1. The van der Waals surface area contributed by atoms with Crippen molar-refractivity contribution in [2.24, 2.45) is 0 Å². The molecule has 2 amide bonds. The second-order valence-corrected chi connectivity index (χ2v) is 6.19. The van der Waals surface area contributed by atoms with Crippen LogP contribution in [0.25, 0.3) is 5.65 Å². The quantitative estimate of drug-likeness (QED) is 0.708. The van der Waals surface area contributed by atoms with Crippen LogP contribution in [0.1, 0.15) is 29.8 Å². The minimum absolute atomic E-state index is 0.366. The van der Waals surface area contributed by atoms with Gasteiger partial charge in [0.1, 0.15) is 5.65 Å². The zero-order valence-corrected chi connectivity index (χ0v) is 14.6. The molecule has 0 aliphatic heterocycles. The topological polar surface area (TPSA) is 58.4 Å². The molecule has 0 saturated carbocycles. The van der Waals surface area contributed by atoms with Crippen molar-refractivity contribution < 1.29 is 18.0 Å². The van der Waals surface area contributed by atoms with E-state index >= 15 is 0 Å². The molecule has 3 aromatic rings. The summed E-state index contributed by atoms with van der Waals surface area (Å²) in [5.41, 5.74) is 1.32. The fourth-order valence-electron chi connectivity index (χ4n) is 2.73. The average molecular weight is 376 g/mol. The lowest BCUT2D eigenvalue weighted by atomic mass is 10.1. The maximum Gasteiger partial charge on any atom is 0.416 e. The van der Waals surface area contributed by atoms with E-state index in [4.69, 9.17) is 0 Å². The molecule has 2 aromatic heterocycles. The Kier molecular flexibility index (Phi) is 5.34. The molecule has 2 N–H and O–H groups in total. The van der Waals surface area contributed by atoms with Crippen molar-refractivity contribution in [1.29, 1.82) is 0 Å². The summed E-state index contributed by atoms with van der Waals surface area (Å²) in [6, 6.07) is 9.62. The molecular formula is C19H19F3N4O. The van der Waals surface area contributed by atoms with Crippen LogP contribution in [0.15, 0.2) is 54.9 Å². The molecular weight excluding hydrogens is 357 g/mol. The van der Waals surface area contributed by atoms with E-state index in [1.807, 2.05) is 35.0 Å². The van der Waals surface area contributed by atoms with Gasteiger partial charge in [0, 0.05) is 25.4 Å². The number of carbonyl (C=O) groups excluding carboxylic acids is 1. The number of carbonyl (C=O) groups is 1. The van der Waals surface area contributed by atoms with Gasteiger partial charge in [0.25, 0.3) is 0 Å². The number of urea groups is 1. The molecule has 2 heterocycles. The Morgan fingerprint density at radius 1 is 1.22 bits per heavy atom. The van der Waals surface area contributed by atoms with Gasteiger partial charge >= 0.3 is 12.2 Å². The Bertz CT molecular complexity index is 903. The number of benzene rings is 1. The van der Waals surface area contributed by atoms with Gasteiger partial charge in [0.05, 0.1) is 17.3 Å². The first kappa shape index (κ1) is 18.8. The van der Waals surface area contributed by atoms with E-state index in [-0.39, 0.29) is 0 Å². The molecule has 0 aliphatic rings. The fraction of sp³-hybridized carbons (Fsp3) is 0.263. The summed E-state index contributed by atoms with van der Waals surface area (Å²) in [6.45, 7) is 2.00. The Morgan fingerprint density at radius 2 is 2.04 bits per heavy atom. The highest BCUT2D eigenvalue weighted by Crippen LogP contribution is 2.30. The summed E-state index contributed by atoms with van der Waals surface area (Å²) in [6.07, 6.45) is -0.0813. The van der Waals surface area contributed by atoms with Crippen LogP contribution in [0.2, 0.25) is 0 Å². The first-order valence-corrected chi connectivity index (χ1v) is 8.47. The van der Waals surface area contributed by atoms with Crippen molar-refractivity contribution in [2.45, 2.75) is 25.6 Å². The number of nitrogens with zero attached hydrogens (tertiary/aromatic N) is 2. The molecule has 0 fully saturated rings. The minimum Gasteiger partial charge on any atom is -0.338 e. The lowest BCUT2D eigenvalue weighted by molar-refractivity contribution is -0.137. The number of alkyl halides is 3. The molecule has 1 atom stereocenters. The average Bonchev–Trinajstić information content (AvgIpc) is 3.03. The molecule has 0 aliphatic carbocycles. The van der Waals surface area contributed by atoms with E-state index in [0.29, 0.717) is 18.5 Å². The van der Waals surface area contributed by atoms with Gasteiger partial charge in [0.2, 0.25) is 0 Å². The van der Waals surface area contributed by atoms with Crippen molar-refractivity contribution in [2.75, 3.05) is 6.54 Å². The van der Waals surface area contributed by atoms with Gasteiger partial charge in [0.15, 0.2) is 0 Å². The van der Waals surface area contributed by atoms with E-state index in [9.17, 15) is 18.0 Å². The van der Waals surface area contributed by atoms with E-state index in [1.54, 1.807) is 13.0 Å². The van der Waals surface area contributed by atoms with Gasteiger partial charge in [-0.1, -0.05) is 18.2 Å². The second kappa shape index (κ2) is 7.69. The molecule has 8 heteroatoms. The number of fused-ring (bicyclic) bond motifs is 1. The Morgan fingerprint density at radius 3 is 2.78 bits per heavy atom. The van der Waals surface area contributed by atoms with Gasteiger partial charge in [-0.15, -0.1) is 0 Å². The highest BCUT2D eigenvalue weighted by atomic mass is 19.4. The van der Waals surface area contributed by atoms with Gasteiger partial charge in [-0.3, -0.25) is 0 Å². The van der Waals surface area contributed by atoms with Gasteiger partial charge in [-0.05, 0) is 36.8 Å². The fourth-order valence-corrected chi connectivity index (χ4v) is 2.73. The third kappa shape index (κ3) is 4.78. The molecule has 5 nitrogen and oxygen atoms in total. The number of imidazole rings is 1. The lowest BCUT2D eigenvalue weighted by Gasteiger charge is -2.16. The molecule has 0 bridgehead atoms. The van der Waals surface area contributed by atoms with Crippen molar-refractivity contribution in [1.82, 2.24) is 20.0 Å². The van der Waals surface area contributed by atoms with Crippen LogP contribution < -0.4 is 10.6 Å². The minimum atomic E-state index is -4.41. The smallest absolute Gasteiger partial charge is 0.338 e. The number of halogens is 3. The van der Waals surface area contributed by atoms with Crippen LogP contribution >= 0.6 is 0 Å². The largest absolute Gasteiger partial charge is 0.416 e. The van der Waals surface area contributed by atoms with Crippen LogP contribution in [0, 0.1) is 0 Å². The third-order valence-corrected chi connectivity index (χ3v) is 4.14. The van der Waals surface area contributed by atoms with Crippen LogP contribution in [0.4, 0.5) is 18.0 Å². The number of hydrogen-bond donors (Lipinski definition) is 2. The Balaban J connectivity index is 1.51. The molecule has 0 radical (unpaired) electrons. The maximum atomic E-state index is 12.8. The number of rotatable bonds is 5. The monoisotopic (exact) mass is 376 g/mol. The zero-order chi connectivity index (χ0) is 19.4. The van der Waals surface area contributed by atoms with E-state index < -0.39 is 23.8 Å². The molecule has 3 rings (SSSR count). The van der Waals surface area contributed by atoms with Gasteiger partial charge in [-0.25, -0.2) is 9.78 Å². The molecule has 27 heavy (non-hydrogen) atoms. The van der Waals surface area contributed by atoms with Crippen LogP contribution in [-0.4, -0.2) is 22.0 Å². The first-order chi connectivity index (χ1) is 12.8. The molecule has 0 spiro atoms. The molecule has 1 aromatic carbocycles. The summed E-state index contributed by atoms with van der Waals surface area (Å²) in [4.78, 5) is 16.4. The summed E-state index contributed by atoms with van der Waals surface area (Å²) in [5.74, 6) is 0. The highest BCUT2D eigenvalue weighted by Gasteiger charge is 2.30. The van der Waals surface area contributed by atoms with Gasteiger partial charge < -0.3 is 15.0 Å². The summed E-state index contributed by atoms with van der Waals surface area (Å²) in [7, 11) is 0. The summed E-state index contributed by atoms with van der Waals surface area (Å²) < 4.78 is 40.3. The van der Waals surface area contributed by atoms with Crippen molar-refractivity contribution >= 4 is 11.7 Å².